The van der Waals surface area contributed by atoms with Crippen LogP contribution in [0.2, 0.25) is 0 Å². The molecule has 0 aliphatic carbocycles. The van der Waals surface area contributed by atoms with Crippen LogP contribution >= 0.6 is 0 Å². The Morgan fingerprint density at radius 2 is 1.52 bits per heavy atom. The molecule has 2 heteroatoms. The van der Waals surface area contributed by atoms with E-state index in [4.69, 9.17) is 0 Å². The number of fused-ring (bicyclic) bond motifs is 1. The molecule has 0 saturated heterocycles. The van der Waals surface area contributed by atoms with E-state index in [-0.39, 0.29) is 0 Å². The molecule has 0 bridgehead atoms. The Bertz CT molecular complexity index is 763. The molecule has 3 rings (SSSR count). The quantitative estimate of drug-likeness (QED) is 0.773. The van der Waals surface area contributed by atoms with Crippen molar-refractivity contribution in [3.63, 3.8) is 0 Å². The lowest BCUT2D eigenvalue weighted by molar-refractivity contribution is -0.138. The fourth-order valence-electron chi connectivity index (χ4n) is 2.63. The van der Waals surface area contributed by atoms with Crippen LogP contribution in [-0.4, -0.2) is 11.1 Å². The van der Waals surface area contributed by atoms with Gasteiger partial charge in [-0.2, -0.15) is 0 Å². The van der Waals surface area contributed by atoms with Gasteiger partial charge in [0.25, 0.3) is 0 Å². The van der Waals surface area contributed by atoms with Crippen LogP contribution in [0.1, 0.15) is 17.0 Å². The van der Waals surface area contributed by atoms with Crippen LogP contribution < -0.4 is 0 Å². The van der Waals surface area contributed by atoms with E-state index >= 15 is 0 Å². The highest BCUT2D eigenvalue weighted by Crippen LogP contribution is 2.23. The van der Waals surface area contributed by atoms with Crippen LogP contribution in [-0.2, 0) is 11.2 Å². The zero-order chi connectivity index (χ0) is 14.7. The molecule has 0 aromatic heterocycles. The third-order valence-corrected chi connectivity index (χ3v) is 3.75. The molecule has 1 unspecified atom stereocenters. The van der Waals surface area contributed by atoms with Crippen LogP contribution in [0, 0.1) is 0 Å². The van der Waals surface area contributed by atoms with Crippen molar-refractivity contribution in [2.75, 3.05) is 0 Å². The summed E-state index contributed by atoms with van der Waals surface area (Å²) < 4.78 is 0. The van der Waals surface area contributed by atoms with Gasteiger partial charge in [0.05, 0.1) is 5.92 Å². The largest absolute Gasteiger partial charge is 0.481 e. The van der Waals surface area contributed by atoms with E-state index < -0.39 is 11.9 Å². The molecule has 3 aromatic rings. The van der Waals surface area contributed by atoms with Crippen LogP contribution in [0.4, 0.5) is 0 Å². The summed E-state index contributed by atoms with van der Waals surface area (Å²) in [5.74, 6) is -1.29. The number of aliphatic carboxylic acids is 1. The first-order valence-corrected chi connectivity index (χ1v) is 6.99. The Morgan fingerprint density at radius 3 is 2.24 bits per heavy atom. The van der Waals surface area contributed by atoms with Gasteiger partial charge < -0.3 is 5.11 Å². The van der Waals surface area contributed by atoms with Gasteiger partial charge in [-0.1, -0.05) is 72.8 Å². The molecule has 0 aliphatic heterocycles. The lowest BCUT2D eigenvalue weighted by Crippen LogP contribution is -2.14. The third kappa shape index (κ3) is 2.95. The van der Waals surface area contributed by atoms with Crippen molar-refractivity contribution in [1.29, 1.82) is 0 Å². The van der Waals surface area contributed by atoms with Gasteiger partial charge in [0.1, 0.15) is 0 Å². The zero-order valence-electron chi connectivity index (χ0n) is 11.6. The molecule has 0 heterocycles. The highest BCUT2D eigenvalue weighted by atomic mass is 16.4. The van der Waals surface area contributed by atoms with Crippen molar-refractivity contribution >= 4 is 16.7 Å². The molecule has 104 valence electrons. The van der Waals surface area contributed by atoms with Gasteiger partial charge in [0.2, 0.25) is 0 Å². The Balaban J connectivity index is 1.93. The average molecular weight is 276 g/mol. The number of carboxylic acid groups (broad SMARTS) is 1. The monoisotopic (exact) mass is 276 g/mol. The van der Waals surface area contributed by atoms with Crippen molar-refractivity contribution in [3.05, 3.63) is 83.9 Å². The summed E-state index contributed by atoms with van der Waals surface area (Å²) in [6, 6.07) is 23.7. The standard InChI is InChI=1S/C19H16O2/c20-19(21)18(16-7-2-1-3-8-16)13-14-10-11-15-6-4-5-9-17(15)12-14/h1-12,18H,13H2,(H,20,21). The Kier molecular flexibility index (Phi) is 3.69. The smallest absolute Gasteiger partial charge is 0.311 e. The molecular weight excluding hydrogens is 260 g/mol. The highest BCUT2D eigenvalue weighted by molar-refractivity contribution is 5.83. The number of carboxylic acids is 1. The molecule has 0 aliphatic rings. The predicted molar refractivity (Wildman–Crippen MR) is 84.5 cm³/mol. The fraction of sp³-hybridized carbons (Fsp3) is 0.105. The topological polar surface area (TPSA) is 37.3 Å². The van der Waals surface area contributed by atoms with Crippen LogP contribution in [0.15, 0.2) is 72.8 Å². The van der Waals surface area contributed by atoms with E-state index in [0.717, 1.165) is 16.5 Å². The lowest BCUT2D eigenvalue weighted by atomic mass is 9.91. The predicted octanol–water partition coefficient (Wildman–Crippen LogP) is 4.25. The Labute approximate surface area is 123 Å². The molecule has 1 N–H and O–H groups in total. The summed E-state index contributed by atoms with van der Waals surface area (Å²) >= 11 is 0. The number of hydrogen-bond donors (Lipinski definition) is 1. The van der Waals surface area contributed by atoms with E-state index in [9.17, 15) is 9.90 Å². The molecule has 0 radical (unpaired) electrons. The maximum atomic E-state index is 11.6. The van der Waals surface area contributed by atoms with E-state index in [0.29, 0.717) is 6.42 Å². The second-order valence-electron chi connectivity index (χ2n) is 5.19. The number of carbonyl (C=O) groups is 1. The molecule has 0 saturated carbocycles. The highest BCUT2D eigenvalue weighted by Gasteiger charge is 2.20. The lowest BCUT2D eigenvalue weighted by Gasteiger charge is -2.13. The van der Waals surface area contributed by atoms with Crippen LogP contribution in [0.25, 0.3) is 10.8 Å². The number of rotatable bonds is 4. The van der Waals surface area contributed by atoms with Gasteiger partial charge in [-0.05, 0) is 28.3 Å². The van der Waals surface area contributed by atoms with Crippen molar-refractivity contribution in [1.82, 2.24) is 0 Å². The fourth-order valence-corrected chi connectivity index (χ4v) is 2.63. The molecular formula is C19H16O2. The molecule has 0 spiro atoms. The first kappa shape index (κ1) is 13.4. The first-order chi connectivity index (χ1) is 10.2. The molecule has 0 amide bonds. The average Bonchev–Trinajstić information content (AvgIpc) is 2.53. The molecule has 0 fully saturated rings. The van der Waals surface area contributed by atoms with Gasteiger partial charge in [-0.15, -0.1) is 0 Å². The van der Waals surface area contributed by atoms with Gasteiger partial charge in [0, 0.05) is 0 Å². The van der Waals surface area contributed by atoms with Crippen molar-refractivity contribution in [2.24, 2.45) is 0 Å². The van der Waals surface area contributed by atoms with Crippen LogP contribution in [0.3, 0.4) is 0 Å². The number of hydrogen-bond acceptors (Lipinski definition) is 1. The van der Waals surface area contributed by atoms with Gasteiger partial charge in [-0.3, -0.25) is 4.79 Å². The minimum absolute atomic E-state index is 0.504. The van der Waals surface area contributed by atoms with E-state index in [2.05, 4.69) is 24.3 Å². The Morgan fingerprint density at radius 1 is 0.857 bits per heavy atom. The molecule has 3 aromatic carbocycles. The third-order valence-electron chi connectivity index (χ3n) is 3.75. The van der Waals surface area contributed by atoms with Gasteiger partial charge in [-0.25, -0.2) is 0 Å². The van der Waals surface area contributed by atoms with E-state index in [1.54, 1.807) is 0 Å². The summed E-state index contributed by atoms with van der Waals surface area (Å²) in [6.45, 7) is 0. The number of benzene rings is 3. The summed E-state index contributed by atoms with van der Waals surface area (Å²) in [6.07, 6.45) is 0.504. The second-order valence-corrected chi connectivity index (χ2v) is 5.19. The summed E-state index contributed by atoms with van der Waals surface area (Å²) in [5.41, 5.74) is 1.89. The van der Waals surface area contributed by atoms with Crippen molar-refractivity contribution in [3.8, 4) is 0 Å². The Hall–Kier alpha value is -2.61. The van der Waals surface area contributed by atoms with Crippen molar-refractivity contribution < 1.29 is 9.90 Å². The van der Waals surface area contributed by atoms with Gasteiger partial charge >= 0.3 is 5.97 Å². The van der Waals surface area contributed by atoms with Crippen molar-refractivity contribution in [2.45, 2.75) is 12.3 Å². The van der Waals surface area contributed by atoms with E-state index in [1.165, 1.54) is 5.39 Å². The van der Waals surface area contributed by atoms with Crippen LogP contribution in [0.5, 0.6) is 0 Å². The maximum absolute atomic E-state index is 11.6. The minimum Gasteiger partial charge on any atom is -0.481 e. The molecule has 1 atom stereocenters. The SMILES string of the molecule is O=C(O)C(Cc1ccc2ccccc2c1)c1ccccc1. The minimum atomic E-state index is -0.783. The molecule has 21 heavy (non-hydrogen) atoms. The first-order valence-electron chi connectivity index (χ1n) is 6.99. The normalized spacial score (nSPS) is 12.2. The molecule has 2 nitrogen and oxygen atoms in total. The summed E-state index contributed by atoms with van der Waals surface area (Å²) in [5, 5.41) is 11.8. The van der Waals surface area contributed by atoms with Gasteiger partial charge in [0.15, 0.2) is 0 Å². The summed E-state index contributed by atoms with van der Waals surface area (Å²) in [4.78, 5) is 11.6. The van der Waals surface area contributed by atoms with E-state index in [1.807, 2.05) is 48.5 Å². The zero-order valence-corrected chi connectivity index (χ0v) is 11.6. The second kappa shape index (κ2) is 5.80. The maximum Gasteiger partial charge on any atom is 0.311 e. The summed E-state index contributed by atoms with van der Waals surface area (Å²) in [7, 11) is 0.